The molecule has 0 bridgehead atoms. The van der Waals surface area contributed by atoms with Crippen LogP contribution in [-0.4, -0.2) is 34.9 Å². The molecule has 0 unspecified atom stereocenters. The zero-order valence-corrected chi connectivity index (χ0v) is 10.2. The molecule has 2 heterocycles. The fraction of sp³-hybridized carbons (Fsp3) is 0.500. The number of alkyl halides is 3. The van der Waals surface area contributed by atoms with Crippen molar-refractivity contribution >= 4 is 5.91 Å². The molecule has 2 rings (SSSR count). The monoisotopic (exact) mass is 273 g/mol. The number of piperidine rings is 1. The van der Waals surface area contributed by atoms with Crippen LogP contribution in [0.4, 0.5) is 13.2 Å². The molecule has 1 amide bonds. The highest BCUT2D eigenvalue weighted by Gasteiger charge is 2.32. The van der Waals surface area contributed by atoms with Gasteiger partial charge in [-0.2, -0.15) is 13.2 Å². The number of pyridine rings is 1. The molecule has 1 saturated heterocycles. The quantitative estimate of drug-likeness (QED) is 0.846. The molecule has 1 aliphatic heterocycles. The number of halogens is 3. The van der Waals surface area contributed by atoms with E-state index in [0.717, 1.165) is 18.3 Å². The molecule has 0 radical (unpaired) electrons. The molecule has 4 nitrogen and oxygen atoms in total. The van der Waals surface area contributed by atoms with Gasteiger partial charge in [0.15, 0.2) is 0 Å². The third-order valence-electron chi connectivity index (χ3n) is 3.13. The average molecular weight is 273 g/mol. The van der Waals surface area contributed by atoms with Crippen LogP contribution in [0.15, 0.2) is 18.3 Å². The number of likely N-dealkylation sites (tertiary alicyclic amines) is 1. The van der Waals surface area contributed by atoms with Gasteiger partial charge in [0, 0.05) is 25.3 Å². The van der Waals surface area contributed by atoms with Gasteiger partial charge in [0.05, 0.1) is 5.56 Å². The van der Waals surface area contributed by atoms with Crippen molar-refractivity contribution in [1.29, 1.82) is 0 Å². The zero-order chi connectivity index (χ0) is 14.0. The highest BCUT2D eigenvalue weighted by Crippen LogP contribution is 2.27. The minimum Gasteiger partial charge on any atom is -0.338 e. The molecule has 0 atom stereocenters. The Morgan fingerprint density at radius 3 is 2.42 bits per heavy atom. The van der Waals surface area contributed by atoms with E-state index in [1.54, 1.807) is 4.90 Å². The van der Waals surface area contributed by atoms with Gasteiger partial charge in [-0.1, -0.05) is 0 Å². The van der Waals surface area contributed by atoms with Crippen LogP contribution in [0.25, 0.3) is 0 Å². The lowest BCUT2D eigenvalue weighted by Crippen LogP contribution is -2.42. The van der Waals surface area contributed by atoms with Gasteiger partial charge < -0.3 is 10.6 Å². The SMILES string of the molecule is NC1CCN(C(=O)c2ccc(C(F)(F)F)nc2)CC1. The average Bonchev–Trinajstić information content (AvgIpc) is 2.38. The van der Waals surface area contributed by atoms with E-state index in [1.165, 1.54) is 0 Å². The van der Waals surface area contributed by atoms with Crippen LogP contribution in [0.1, 0.15) is 28.9 Å². The summed E-state index contributed by atoms with van der Waals surface area (Å²) < 4.78 is 37.0. The summed E-state index contributed by atoms with van der Waals surface area (Å²) in [5.74, 6) is -0.298. The number of carbonyl (C=O) groups excluding carboxylic acids is 1. The highest BCUT2D eigenvalue weighted by molar-refractivity contribution is 5.94. The number of amides is 1. The smallest absolute Gasteiger partial charge is 0.338 e. The summed E-state index contributed by atoms with van der Waals surface area (Å²) in [7, 11) is 0. The second kappa shape index (κ2) is 5.16. The predicted molar refractivity (Wildman–Crippen MR) is 62.4 cm³/mol. The van der Waals surface area contributed by atoms with Crippen molar-refractivity contribution in [1.82, 2.24) is 9.88 Å². The second-order valence-corrected chi connectivity index (χ2v) is 4.56. The molecule has 1 aromatic heterocycles. The first-order valence-electron chi connectivity index (χ1n) is 5.96. The van der Waals surface area contributed by atoms with Crippen LogP contribution >= 0.6 is 0 Å². The van der Waals surface area contributed by atoms with Crippen LogP contribution in [-0.2, 0) is 6.18 Å². The standard InChI is InChI=1S/C12H14F3N3O/c13-12(14,15)10-2-1-8(7-17-10)11(19)18-5-3-9(16)4-6-18/h1-2,7,9H,3-6,16H2. The first-order chi connectivity index (χ1) is 8.88. The van der Waals surface area contributed by atoms with Gasteiger partial charge in [-0.15, -0.1) is 0 Å². The highest BCUT2D eigenvalue weighted by atomic mass is 19.4. The van der Waals surface area contributed by atoms with Gasteiger partial charge in [-0.3, -0.25) is 9.78 Å². The van der Waals surface area contributed by atoms with Crippen molar-refractivity contribution in [2.75, 3.05) is 13.1 Å². The predicted octanol–water partition coefficient (Wildman–Crippen LogP) is 1.66. The normalized spacial score (nSPS) is 17.6. The van der Waals surface area contributed by atoms with E-state index in [4.69, 9.17) is 5.73 Å². The number of nitrogens with zero attached hydrogens (tertiary/aromatic N) is 2. The lowest BCUT2D eigenvalue weighted by molar-refractivity contribution is -0.141. The lowest BCUT2D eigenvalue weighted by atomic mass is 10.1. The Bertz CT molecular complexity index is 450. The van der Waals surface area contributed by atoms with E-state index in [1.807, 2.05) is 0 Å². The summed E-state index contributed by atoms with van der Waals surface area (Å²) in [6, 6.07) is 2.07. The Kier molecular flexibility index (Phi) is 3.75. The third-order valence-corrected chi connectivity index (χ3v) is 3.13. The van der Waals surface area contributed by atoms with Gasteiger partial charge >= 0.3 is 6.18 Å². The maximum atomic E-state index is 12.3. The fourth-order valence-electron chi connectivity index (χ4n) is 1.97. The molecule has 0 saturated carbocycles. The summed E-state index contributed by atoms with van der Waals surface area (Å²) in [5, 5.41) is 0. The van der Waals surface area contributed by atoms with Crippen molar-refractivity contribution < 1.29 is 18.0 Å². The molecular weight excluding hydrogens is 259 g/mol. The first-order valence-corrected chi connectivity index (χ1v) is 5.96. The third kappa shape index (κ3) is 3.23. The number of aromatic nitrogens is 1. The second-order valence-electron chi connectivity index (χ2n) is 4.56. The van der Waals surface area contributed by atoms with Crippen molar-refractivity contribution in [2.24, 2.45) is 5.73 Å². The zero-order valence-electron chi connectivity index (χ0n) is 10.2. The molecule has 0 aliphatic carbocycles. The minimum absolute atomic E-state index is 0.0924. The maximum Gasteiger partial charge on any atom is 0.433 e. The van der Waals surface area contributed by atoms with Crippen LogP contribution in [0.5, 0.6) is 0 Å². The van der Waals surface area contributed by atoms with E-state index >= 15 is 0 Å². The topological polar surface area (TPSA) is 59.2 Å². The molecule has 1 fully saturated rings. The van der Waals surface area contributed by atoms with Crippen molar-refractivity contribution in [3.05, 3.63) is 29.6 Å². The van der Waals surface area contributed by atoms with Gasteiger partial charge in [0.1, 0.15) is 5.69 Å². The van der Waals surface area contributed by atoms with Gasteiger partial charge in [-0.25, -0.2) is 0 Å². The first kappa shape index (κ1) is 13.8. The number of hydrogen-bond donors (Lipinski definition) is 1. The lowest BCUT2D eigenvalue weighted by Gasteiger charge is -2.30. The van der Waals surface area contributed by atoms with Crippen LogP contribution in [0, 0.1) is 0 Å². The van der Waals surface area contributed by atoms with E-state index < -0.39 is 11.9 Å². The van der Waals surface area contributed by atoms with Gasteiger partial charge in [0.2, 0.25) is 0 Å². The molecule has 1 aliphatic rings. The molecule has 7 heteroatoms. The van der Waals surface area contributed by atoms with Crippen molar-refractivity contribution in [2.45, 2.75) is 25.1 Å². The number of carbonyl (C=O) groups is 1. The van der Waals surface area contributed by atoms with Crippen LogP contribution < -0.4 is 5.73 Å². The molecule has 0 spiro atoms. The number of hydrogen-bond acceptors (Lipinski definition) is 3. The van der Waals surface area contributed by atoms with Gasteiger partial charge in [-0.05, 0) is 25.0 Å². The maximum absolute atomic E-state index is 12.3. The van der Waals surface area contributed by atoms with E-state index in [-0.39, 0.29) is 17.5 Å². The molecular formula is C12H14F3N3O. The number of rotatable bonds is 1. The summed E-state index contributed by atoms with van der Waals surface area (Å²) in [6.07, 6.45) is -2.10. The van der Waals surface area contributed by atoms with E-state index in [9.17, 15) is 18.0 Å². The Morgan fingerprint density at radius 2 is 1.95 bits per heavy atom. The molecule has 104 valence electrons. The van der Waals surface area contributed by atoms with Crippen LogP contribution in [0.3, 0.4) is 0 Å². The summed E-state index contributed by atoms with van der Waals surface area (Å²) >= 11 is 0. The minimum atomic E-state index is -4.49. The van der Waals surface area contributed by atoms with E-state index in [0.29, 0.717) is 25.9 Å². The fourth-order valence-corrected chi connectivity index (χ4v) is 1.97. The van der Waals surface area contributed by atoms with Gasteiger partial charge in [0.25, 0.3) is 5.91 Å². The Labute approximate surface area is 108 Å². The number of nitrogens with two attached hydrogens (primary N) is 1. The van der Waals surface area contributed by atoms with E-state index in [2.05, 4.69) is 4.98 Å². The summed E-state index contributed by atoms with van der Waals surface area (Å²) in [6.45, 7) is 1.06. The van der Waals surface area contributed by atoms with Crippen LogP contribution in [0.2, 0.25) is 0 Å². The molecule has 2 N–H and O–H groups in total. The Morgan fingerprint density at radius 1 is 1.32 bits per heavy atom. The van der Waals surface area contributed by atoms with Crippen molar-refractivity contribution in [3.63, 3.8) is 0 Å². The molecule has 19 heavy (non-hydrogen) atoms. The van der Waals surface area contributed by atoms with Crippen molar-refractivity contribution in [3.8, 4) is 0 Å². The Hall–Kier alpha value is -1.63. The molecule has 1 aromatic rings. The largest absolute Gasteiger partial charge is 0.433 e. The summed E-state index contributed by atoms with van der Waals surface area (Å²) in [5.41, 5.74) is 4.90. The molecule has 0 aromatic carbocycles. The Balaban J connectivity index is 2.08. The summed E-state index contributed by atoms with van der Waals surface area (Å²) in [4.78, 5) is 16.9.